The van der Waals surface area contributed by atoms with E-state index in [0.717, 1.165) is 28.1 Å². The summed E-state index contributed by atoms with van der Waals surface area (Å²) >= 11 is 0. The average Bonchev–Trinajstić information content (AvgIpc) is 0.833. The van der Waals surface area contributed by atoms with Crippen LogP contribution in [0.25, 0.3) is 0 Å². The number of carbonyl (C=O) groups excluding carboxylic acids is 9. The molecule has 0 aromatic rings. The van der Waals surface area contributed by atoms with Crippen molar-refractivity contribution in [3.63, 3.8) is 0 Å². The van der Waals surface area contributed by atoms with Gasteiger partial charge in [0.2, 0.25) is 0 Å². The second kappa shape index (κ2) is 43.9. The molecule has 0 aliphatic heterocycles. The Morgan fingerprint density at radius 2 is 0.604 bits per heavy atom. The van der Waals surface area contributed by atoms with Crippen molar-refractivity contribution in [2.75, 3.05) is 20.8 Å². The van der Waals surface area contributed by atoms with Gasteiger partial charge in [-0.25, -0.2) is 23.2 Å². The second-order valence-corrected chi connectivity index (χ2v) is 35.1. The maximum absolute atomic E-state index is 14.4. The number of rotatable bonds is 35. The molecule has 21 nitrogen and oxygen atoms in total. The van der Waals surface area contributed by atoms with Crippen LogP contribution in [0.1, 0.15) is 313 Å². The first kappa shape index (κ1) is 116. The zero-order chi connectivity index (χ0) is 90.8. The van der Waals surface area contributed by atoms with Crippen LogP contribution in [-0.2, 0) is 85.8 Å². The highest BCUT2D eigenvalue weighted by atomic mass is 19.4. The Morgan fingerprint density at radius 1 is 0.342 bits per heavy atom. The Balaban J connectivity index is -0.000000304. The molecule has 660 valence electrons. The number of aliphatic hydroxyl groups is 3. The fourth-order valence-corrected chi connectivity index (χ4v) is 6.28. The molecule has 0 rings (SSSR count). The van der Waals surface area contributed by atoms with Crippen molar-refractivity contribution in [2.45, 2.75) is 394 Å². The van der Waals surface area contributed by atoms with Gasteiger partial charge in [0.05, 0.1) is 70.1 Å². The van der Waals surface area contributed by atoms with Gasteiger partial charge in [-0.1, -0.05) is 68.7 Å². The molecule has 3 N–H and O–H groups in total. The van der Waals surface area contributed by atoms with E-state index in [1.165, 1.54) is 27.7 Å². The molecule has 0 aliphatic rings. The summed E-state index contributed by atoms with van der Waals surface area (Å²) in [5.41, 5.74) is -12.4. The van der Waals surface area contributed by atoms with Crippen molar-refractivity contribution in [1.29, 1.82) is 0 Å². The molecule has 111 heavy (non-hydrogen) atoms. The molecule has 0 aromatic heterocycles. The number of hydrogen-bond acceptors (Lipinski definition) is 21. The van der Waals surface area contributed by atoms with Crippen LogP contribution in [0, 0.1) is 38.4 Å². The molecule has 2 unspecified atom stereocenters. The molecule has 0 aliphatic carbocycles. The van der Waals surface area contributed by atoms with Crippen LogP contribution in [0.2, 0.25) is 0 Å². The topological polar surface area (TPSA) is 297 Å². The third kappa shape index (κ3) is 39.0. The molecule has 0 amide bonds. The summed E-state index contributed by atoms with van der Waals surface area (Å²) in [6.07, 6.45) is -9.85. The highest BCUT2D eigenvalue weighted by Crippen LogP contribution is 2.40. The number of carbonyl (C=O) groups is 9. The Morgan fingerprint density at radius 3 is 0.838 bits per heavy atom. The molecule has 0 bridgehead atoms. The van der Waals surface area contributed by atoms with Crippen LogP contribution in [0.15, 0.2) is 0 Å². The highest BCUT2D eigenvalue weighted by molar-refractivity contribution is 5.83. The average molecular weight is 1640 g/mol. The first-order valence-electron chi connectivity index (χ1n) is 37.2. The molecular formula is C79H141F11O21. The molecule has 0 saturated carbocycles. The Hall–Kier alpha value is -5.66. The predicted octanol–water partition coefficient (Wildman–Crippen LogP) is 18.6. The molecule has 0 fully saturated rings. The highest BCUT2D eigenvalue weighted by Gasteiger charge is 2.59. The van der Waals surface area contributed by atoms with E-state index in [-0.39, 0.29) is 24.3 Å². The number of alkyl halides is 11. The lowest BCUT2D eigenvalue weighted by atomic mass is 9.87. The van der Waals surface area contributed by atoms with Gasteiger partial charge in [0, 0.05) is 6.42 Å². The van der Waals surface area contributed by atoms with Gasteiger partial charge in [-0.3, -0.25) is 28.8 Å². The molecule has 0 radical (unpaired) electrons. The van der Waals surface area contributed by atoms with Gasteiger partial charge >= 0.3 is 77.7 Å². The van der Waals surface area contributed by atoms with Crippen LogP contribution in [0.5, 0.6) is 0 Å². The van der Waals surface area contributed by atoms with E-state index in [0.29, 0.717) is 44.9 Å². The Kier molecular flexibility index (Phi) is 45.9. The van der Waals surface area contributed by atoms with E-state index in [4.69, 9.17) is 28.4 Å². The Labute approximate surface area is 654 Å². The largest absolute Gasteiger partial charge is 0.464 e. The summed E-state index contributed by atoms with van der Waals surface area (Å²) in [6.45, 7) is 56.8. The van der Waals surface area contributed by atoms with E-state index in [9.17, 15) is 107 Å². The van der Waals surface area contributed by atoms with E-state index in [1.54, 1.807) is 138 Å². The Bertz CT molecular complexity index is 2780. The number of methoxy groups -OCH3 is 2. The van der Waals surface area contributed by atoms with Crippen LogP contribution < -0.4 is 0 Å². The van der Waals surface area contributed by atoms with E-state index >= 15 is 0 Å². The third-order valence-electron chi connectivity index (χ3n) is 20.1. The fourth-order valence-electron chi connectivity index (χ4n) is 6.28. The third-order valence-corrected chi connectivity index (χ3v) is 20.1. The zero-order valence-corrected chi connectivity index (χ0v) is 73.6. The van der Waals surface area contributed by atoms with Gasteiger partial charge in [-0.15, -0.1) is 0 Å². The first-order valence-corrected chi connectivity index (χ1v) is 37.2. The molecule has 0 heterocycles. The summed E-state index contributed by atoms with van der Waals surface area (Å²) in [5, 5.41) is 29.6. The molecule has 0 spiro atoms. The fraction of sp³-hybridized carbons (Fsp3) is 0.886. The van der Waals surface area contributed by atoms with Gasteiger partial charge in [0.25, 0.3) is 5.92 Å². The van der Waals surface area contributed by atoms with Gasteiger partial charge in [-0.2, -0.15) is 39.5 Å². The van der Waals surface area contributed by atoms with Crippen LogP contribution >= 0.6 is 0 Å². The number of esters is 9. The van der Waals surface area contributed by atoms with Gasteiger partial charge in [0.15, 0.2) is 17.8 Å². The SMILES string of the molecule is CCC(C)(C)C(=O)OC(C(C)C)C(F)(F)C(=O)OCCCC(F)(F)CC(F)(F)F.CCC(C)(C)C(=O)OC(C)(C)C(C)(C)O.CCC(C)(C)C(=O)OC(C)(C)C(C)(C)O.CCC(C)(C)C(=O)OC(C)(C)C(C)(C)O.CCC(C)(C)C(=O)OC(C)(C)C(F)(F)C(=O)OC.CCCC(OC(=O)C(C)(C)CC)C(F)(F)C(=O)OC. The van der Waals surface area contributed by atoms with Crippen molar-refractivity contribution < 1.29 is 149 Å². The van der Waals surface area contributed by atoms with Crippen molar-refractivity contribution >= 4 is 53.7 Å². The normalized spacial score (nSPS) is 13.9. The van der Waals surface area contributed by atoms with E-state index < -0.39 is 181 Å². The summed E-state index contributed by atoms with van der Waals surface area (Å²) < 4.78 is 189. The van der Waals surface area contributed by atoms with Crippen molar-refractivity contribution in [3.8, 4) is 0 Å². The lowest BCUT2D eigenvalue weighted by Gasteiger charge is -2.38. The van der Waals surface area contributed by atoms with Crippen molar-refractivity contribution in [3.05, 3.63) is 0 Å². The maximum Gasteiger partial charge on any atom is 0.394 e. The first-order chi connectivity index (χ1) is 48.7. The van der Waals surface area contributed by atoms with E-state index in [2.05, 4.69) is 14.2 Å². The van der Waals surface area contributed by atoms with Crippen LogP contribution in [0.3, 0.4) is 0 Å². The number of hydrogen-bond donors (Lipinski definition) is 3. The monoisotopic (exact) mass is 1630 g/mol. The van der Waals surface area contributed by atoms with Crippen molar-refractivity contribution in [2.24, 2.45) is 38.4 Å². The minimum atomic E-state index is -5.09. The summed E-state index contributed by atoms with van der Waals surface area (Å²) in [5.74, 6) is -25.9. The minimum absolute atomic E-state index is 0.104. The van der Waals surface area contributed by atoms with Gasteiger partial charge < -0.3 is 58.0 Å². The standard InChI is InChI=1S/C18H27F7O4.C13H22F2O4.C12H20F2O4.3C12H24O3/c1-6-15(4,5)13(26)29-12(11(2)3)18(24,25)14(27)28-9-7-8-16(19,20)10-17(21,22)23;1-6-8-9(13(14,15)11(17)18-5)19-10(16)12(3,4)7-2;1-7-10(2,3)8(15)18-11(4,5)12(13,14)9(16)17-6;3*1-8-10(2,3)9(13)15-12(6,7)11(4,5)14/h11-12H,6-10H2,1-5H3;9H,6-8H2,1-5H3;7H2,1-6H3;3*14H,8H2,1-7H3. The second-order valence-electron chi connectivity index (χ2n) is 35.1. The molecule has 0 saturated heterocycles. The lowest BCUT2D eigenvalue weighted by Crippen LogP contribution is -2.53. The van der Waals surface area contributed by atoms with Crippen LogP contribution in [0.4, 0.5) is 48.3 Å². The summed E-state index contributed by atoms with van der Waals surface area (Å²) in [6, 6.07) is 0. The predicted molar refractivity (Wildman–Crippen MR) is 398 cm³/mol. The molecule has 32 heteroatoms. The van der Waals surface area contributed by atoms with Crippen molar-refractivity contribution in [1.82, 2.24) is 0 Å². The summed E-state index contributed by atoms with van der Waals surface area (Å²) in [7, 11) is 1.72. The van der Waals surface area contributed by atoms with Gasteiger partial charge in [-0.05, 0) is 237 Å². The molecular weight excluding hydrogens is 1490 g/mol. The summed E-state index contributed by atoms with van der Waals surface area (Å²) in [4.78, 5) is 105. The van der Waals surface area contributed by atoms with Crippen LogP contribution in [-0.4, -0.2) is 171 Å². The van der Waals surface area contributed by atoms with Gasteiger partial charge in [0.1, 0.15) is 23.2 Å². The lowest BCUT2D eigenvalue weighted by molar-refractivity contribution is -0.220. The van der Waals surface area contributed by atoms with E-state index in [1.807, 2.05) is 62.3 Å². The minimum Gasteiger partial charge on any atom is -0.464 e. The maximum atomic E-state index is 14.4. The quantitative estimate of drug-likeness (QED) is 0.0230. The zero-order valence-electron chi connectivity index (χ0n) is 73.6. The molecule has 2 atom stereocenters. The smallest absolute Gasteiger partial charge is 0.394 e. The number of halogens is 11. The number of ether oxygens (including phenoxy) is 9. The molecule has 0 aromatic carbocycles.